The Morgan fingerprint density at radius 3 is 2.47 bits per heavy atom. The molecule has 15 heavy (non-hydrogen) atoms. The molecule has 0 aliphatic carbocycles. The minimum atomic E-state index is -3.16. The molecular formula is C10H13ClO3S. The van der Waals surface area contributed by atoms with E-state index in [9.17, 15) is 8.42 Å². The maximum atomic E-state index is 11.3. The van der Waals surface area contributed by atoms with Crippen LogP contribution in [0.3, 0.4) is 0 Å². The predicted octanol–water partition coefficient (Wildman–Crippen LogP) is 1.29. The minimum absolute atomic E-state index is 0.0251. The van der Waals surface area contributed by atoms with Crippen molar-refractivity contribution in [3.63, 3.8) is 0 Å². The van der Waals surface area contributed by atoms with E-state index in [0.717, 1.165) is 5.56 Å². The van der Waals surface area contributed by atoms with Gasteiger partial charge in [-0.2, -0.15) is 0 Å². The molecule has 0 fully saturated rings. The van der Waals surface area contributed by atoms with Gasteiger partial charge in [0.15, 0.2) is 9.84 Å². The van der Waals surface area contributed by atoms with Crippen LogP contribution in [-0.2, 0) is 16.3 Å². The largest absolute Gasteiger partial charge is 0.395 e. The SMILES string of the molecule is O=S(=O)(CCO)CCc1ccccc1Cl. The molecule has 0 aliphatic heterocycles. The van der Waals surface area contributed by atoms with Crippen molar-refractivity contribution in [2.75, 3.05) is 18.1 Å². The van der Waals surface area contributed by atoms with Gasteiger partial charge < -0.3 is 5.11 Å². The fraction of sp³-hybridized carbons (Fsp3) is 0.400. The summed E-state index contributed by atoms with van der Waals surface area (Å²) in [6.07, 6.45) is 0.391. The molecule has 3 nitrogen and oxygen atoms in total. The van der Waals surface area contributed by atoms with E-state index < -0.39 is 9.84 Å². The third-order valence-electron chi connectivity index (χ3n) is 2.04. The smallest absolute Gasteiger partial charge is 0.152 e. The fourth-order valence-electron chi connectivity index (χ4n) is 1.21. The molecule has 0 heterocycles. The molecule has 1 N–H and O–H groups in total. The zero-order valence-corrected chi connectivity index (χ0v) is 9.76. The second-order valence-corrected chi connectivity index (χ2v) is 5.93. The fourth-order valence-corrected chi connectivity index (χ4v) is 2.45. The van der Waals surface area contributed by atoms with E-state index in [1.54, 1.807) is 18.2 Å². The highest BCUT2D eigenvalue weighted by Gasteiger charge is 2.10. The van der Waals surface area contributed by atoms with E-state index >= 15 is 0 Å². The van der Waals surface area contributed by atoms with Crippen LogP contribution >= 0.6 is 11.6 Å². The summed E-state index contributed by atoms with van der Waals surface area (Å²) < 4.78 is 22.6. The number of benzene rings is 1. The summed E-state index contributed by atoms with van der Waals surface area (Å²) in [5, 5.41) is 9.13. The van der Waals surface area contributed by atoms with Gasteiger partial charge in [-0.3, -0.25) is 0 Å². The van der Waals surface area contributed by atoms with Gasteiger partial charge in [0.1, 0.15) is 0 Å². The molecule has 0 unspecified atom stereocenters. The first-order valence-corrected chi connectivity index (χ1v) is 6.80. The van der Waals surface area contributed by atoms with Crippen molar-refractivity contribution < 1.29 is 13.5 Å². The first-order valence-electron chi connectivity index (χ1n) is 4.60. The zero-order chi connectivity index (χ0) is 11.3. The average Bonchev–Trinajstić information content (AvgIpc) is 2.16. The number of rotatable bonds is 5. The maximum absolute atomic E-state index is 11.3. The van der Waals surface area contributed by atoms with Crippen LogP contribution in [0.5, 0.6) is 0 Å². The Balaban J connectivity index is 2.62. The second-order valence-electron chi connectivity index (χ2n) is 3.22. The van der Waals surface area contributed by atoms with Gasteiger partial charge in [-0.05, 0) is 18.1 Å². The molecule has 0 bridgehead atoms. The highest BCUT2D eigenvalue weighted by atomic mass is 35.5. The number of aryl methyl sites for hydroxylation is 1. The Bertz CT molecular complexity index is 414. The van der Waals surface area contributed by atoms with E-state index in [1.807, 2.05) is 6.07 Å². The lowest BCUT2D eigenvalue weighted by molar-refractivity contribution is 0.319. The van der Waals surface area contributed by atoms with E-state index in [1.165, 1.54) is 0 Å². The van der Waals surface area contributed by atoms with Gasteiger partial charge in [0.25, 0.3) is 0 Å². The van der Waals surface area contributed by atoms with Crippen LogP contribution in [0.2, 0.25) is 5.02 Å². The highest BCUT2D eigenvalue weighted by molar-refractivity contribution is 7.91. The third kappa shape index (κ3) is 4.20. The summed E-state index contributed by atoms with van der Waals surface area (Å²) in [6, 6.07) is 7.15. The van der Waals surface area contributed by atoms with Crippen molar-refractivity contribution in [3.8, 4) is 0 Å². The van der Waals surface area contributed by atoms with Crippen molar-refractivity contribution in [2.24, 2.45) is 0 Å². The van der Waals surface area contributed by atoms with Crippen molar-refractivity contribution in [3.05, 3.63) is 34.9 Å². The van der Waals surface area contributed by atoms with E-state index in [4.69, 9.17) is 16.7 Å². The van der Waals surface area contributed by atoms with Crippen LogP contribution in [0.4, 0.5) is 0 Å². The normalized spacial score (nSPS) is 11.6. The number of sulfone groups is 1. The van der Waals surface area contributed by atoms with Crippen LogP contribution in [0.25, 0.3) is 0 Å². The minimum Gasteiger partial charge on any atom is -0.395 e. The van der Waals surface area contributed by atoms with Gasteiger partial charge in [-0.25, -0.2) is 8.42 Å². The average molecular weight is 249 g/mol. The van der Waals surface area contributed by atoms with Gasteiger partial charge >= 0.3 is 0 Å². The van der Waals surface area contributed by atoms with E-state index in [0.29, 0.717) is 11.4 Å². The van der Waals surface area contributed by atoms with Crippen LogP contribution in [0.1, 0.15) is 5.56 Å². The first kappa shape index (κ1) is 12.5. The van der Waals surface area contributed by atoms with Crippen molar-refractivity contribution >= 4 is 21.4 Å². The number of aliphatic hydroxyl groups is 1. The topological polar surface area (TPSA) is 54.4 Å². The summed E-state index contributed by atoms with van der Waals surface area (Å²) in [4.78, 5) is 0. The third-order valence-corrected chi connectivity index (χ3v) is 4.04. The van der Waals surface area contributed by atoms with E-state index in [2.05, 4.69) is 0 Å². The molecule has 0 spiro atoms. The van der Waals surface area contributed by atoms with Crippen LogP contribution in [0, 0.1) is 0 Å². The van der Waals surface area contributed by atoms with Gasteiger partial charge in [0.05, 0.1) is 18.1 Å². The molecule has 1 rings (SSSR count). The van der Waals surface area contributed by atoms with Gasteiger partial charge in [0.2, 0.25) is 0 Å². The molecule has 84 valence electrons. The summed E-state index contributed by atoms with van der Waals surface area (Å²) in [6.45, 7) is -0.329. The Morgan fingerprint density at radius 1 is 1.20 bits per heavy atom. The summed E-state index contributed by atoms with van der Waals surface area (Å²) >= 11 is 5.89. The van der Waals surface area contributed by atoms with Gasteiger partial charge in [-0.1, -0.05) is 29.8 Å². The molecule has 1 aromatic carbocycles. The lowest BCUT2D eigenvalue weighted by Gasteiger charge is -2.04. The molecule has 5 heteroatoms. The van der Waals surface area contributed by atoms with Gasteiger partial charge in [0, 0.05) is 5.02 Å². The lowest BCUT2D eigenvalue weighted by Crippen LogP contribution is -2.15. The van der Waals surface area contributed by atoms with Crippen LogP contribution in [0.15, 0.2) is 24.3 Å². The summed E-state index contributed by atoms with van der Waals surface area (Å²) in [5.74, 6) is -0.158. The second kappa shape index (κ2) is 5.49. The highest BCUT2D eigenvalue weighted by Crippen LogP contribution is 2.15. The number of halogens is 1. The number of hydrogen-bond acceptors (Lipinski definition) is 3. The van der Waals surface area contributed by atoms with Crippen molar-refractivity contribution in [1.82, 2.24) is 0 Å². The monoisotopic (exact) mass is 248 g/mol. The Labute approximate surface area is 94.6 Å². The molecule has 0 radical (unpaired) electrons. The lowest BCUT2D eigenvalue weighted by atomic mass is 10.2. The molecule has 0 saturated carbocycles. The number of aliphatic hydroxyl groups excluding tert-OH is 1. The summed E-state index contributed by atoms with van der Waals surface area (Å²) in [7, 11) is -3.16. The molecule has 1 aromatic rings. The molecule has 0 amide bonds. The first-order chi connectivity index (χ1) is 7.05. The van der Waals surface area contributed by atoms with E-state index in [-0.39, 0.29) is 18.1 Å². The Hall–Kier alpha value is -0.580. The molecule has 0 atom stereocenters. The quantitative estimate of drug-likeness (QED) is 0.854. The molecule has 0 saturated heterocycles. The Morgan fingerprint density at radius 2 is 1.87 bits per heavy atom. The van der Waals surface area contributed by atoms with Crippen LogP contribution in [-0.4, -0.2) is 31.6 Å². The van der Waals surface area contributed by atoms with Crippen molar-refractivity contribution in [1.29, 1.82) is 0 Å². The van der Waals surface area contributed by atoms with Gasteiger partial charge in [-0.15, -0.1) is 0 Å². The maximum Gasteiger partial charge on any atom is 0.152 e. The molecular weight excluding hydrogens is 236 g/mol. The van der Waals surface area contributed by atoms with Crippen molar-refractivity contribution in [2.45, 2.75) is 6.42 Å². The number of hydrogen-bond donors (Lipinski definition) is 1. The summed E-state index contributed by atoms with van der Waals surface area (Å²) in [5.41, 5.74) is 0.820. The standard InChI is InChI=1S/C10H13ClO3S/c11-10-4-2-1-3-9(10)5-7-15(13,14)8-6-12/h1-4,12H,5-8H2. The predicted molar refractivity (Wildman–Crippen MR) is 60.9 cm³/mol. The molecule has 0 aliphatic rings. The zero-order valence-electron chi connectivity index (χ0n) is 8.19. The van der Waals surface area contributed by atoms with Crippen LogP contribution < -0.4 is 0 Å². The Kier molecular flexibility index (Phi) is 4.57. The molecule has 0 aromatic heterocycles.